The number of nitrogens with zero attached hydrogens (tertiary/aromatic N) is 1. The molecular formula is C14H22N2OS. The van der Waals surface area contributed by atoms with Crippen LogP contribution in [0, 0.1) is 11.8 Å². The normalized spacial score (nSPS) is 20.1. The molecule has 1 amide bonds. The monoisotopic (exact) mass is 266 g/mol. The van der Waals surface area contributed by atoms with Crippen LogP contribution in [0.2, 0.25) is 0 Å². The maximum absolute atomic E-state index is 11.1. The standard InChI is InChI=1S/C14H22N2OS/c1-9(2)11-5-4-6-12-13(8-7-11)18-14(16-12)15-10(3)17/h9,11H,4-8H2,1-3H3,(H,15,16,17). The summed E-state index contributed by atoms with van der Waals surface area (Å²) >= 11 is 1.66. The summed E-state index contributed by atoms with van der Waals surface area (Å²) < 4.78 is 0. The average molecular weight is 266 g/mol. The Morgan fingerprint density at radius 2 is 2.17 bits per heavy atom. The van der Waals surface area contributed by atoms with Crippen molar-refractivity contribution in [1.82, 2.24) is 4.98 Å². The second-order valence-corrected chi connectivity index (χ2v) is 6.59. The predicted octanol–water partition coefficient (Wildman–Crippen LogP) is 3.64. The smallest absolute Gasteiger partial charge is 0.223 e. The number of fused-ring (bicyclic) bond motifs is 1. The fourth-order valence-corrected chi connectivity index (χ4v) is 3.71. The van der Waals surface area contributed by atoms with Gasteiger partial charge >= 0.3 is 0 Å². The highest BCUT2D eigenvalue weighted by atomic mass is 32.1. The van der Waals surface area contributed by atoms with Crippen LogP contribution in [0.5, 0.6) is 0 Å². The van der Waals surface area contributed by atoms with Crippen molar-refractivity contribution in [3.8, 4) is 0 Å². The van der Waals surface area contributed by atoms with E-state index in [1.54, 1.807) is 11.3 Å². The first-order valence-electron chi connectivity index (χ1n) is 6.82. The molecule has 0 saturated carbocycles. The molecule has 4 heteroatoms. The third kappa shape index (κ3) is 3.31. The molecule has 0 fully saturated rings. The van der Waals surface area contributed by atoms with Gasteiger partial charge in [-0.05, 0) is 43.9 Å². The summed E-state index contributed by atoms with van der Waals surface area (Å²) in [4.78, 5) is 17.0. The zero-order chi connectivity index (χ0) is 13.1. The number of hydrogen-bond donors (Lipinski definition) is 1. The number of aryl methyl sites for hydroxylation is 2. The van der Waals surface area contributed by atoms with Gasteiger partial charge in [0.1, 0.15) is 0 Å². The Kier molecular flexibility index (Phi) is 4.38. The summed E-state index contributed by atoms with van der Waals surface area (Å²) in [5.41, 5.74) is 1.21. The Bertz CT molecular complexity index is 425. The van der Waals surface area contributed by atoms with E-state index in [1.165, 1.54) is 36.8 Å². The van der Waals surface area contributed by atoms with Crippen molar-refractivity contribution in [2.45, 2.75) is 52.9 Å². The number of nitrogens with one attached hydrogen (secondary N) is 1. The summed E-state index contributed by atoms with van der Waals surface area (Å²) in [7, 11) is 0. The van der Waals surface area contributed by atoms with Gasteiger partial charge in [0.25, 0.3) is 0 Å². The van der Waals surface area contributed by atoms with E-state index < -0.39 is 0 Å². The first kappa shape index (κ1) is 13.5. The van der Waals surface area contributed by atoms with Gasteiger partial charge in [-0.1, -0.05) is 13.8 Å². The lowest BCUT2D eigenvalue weighted by molar-refractivity contribution is -0.114. The summed E-state index contributed by atoms with van der Waals surface area (Å²) in [6, 6.07) is 0. The number of thiazole rings is 1. The zero-order valence-corrected chi connectivity index (χ0v) is 12.3. The van der Waals surface area contributed by atoms with Crippen LogP contribution in [0.4, 0.5) is 5.13 Å². The average Bonchev–Trinajstić information content (AvgIpc) is 2.59. The molecule has 1 aromatic heterocycles. The van der Waals surface area contributed by atoms with Gasteiger partial charge < -0.3 is 5.32 Å². The highest BCUT2D eigenvalue weighted by Crippen LogP contribution is 2.32. The Morgan fingerprint density at radius 1 is 1.39 bits per heavy atom. The Balaban J connectivity index is 2.10. The fourth-order valence-electron chi connectivity index (χ4n) is 2.64. The van der Waals surface area contributed by atoms with Gasteiger partial charge in [-0.25, -0.2) is 4.98 Å². The van der Waals surface area contributed by atoms with Crippen molar-refractivity contribution < 1.29 is 4.79 Å². The molecule has 1 unspecified atom stereocenters. The van der Waals surface area contributed by atoms with Crippen molar-refractivity contribution in [2.75, 3.05) is 5.32 Å². The van der Waals surface area contributed by atoms with Crippen LogP contribution < -0.4 is 5.32 Å². The molecule has 0 bridgehead atoms. The van der Waals surface area contributed by atoms with E-state index in [2.05, 4.69) is 24.1 Å². The lowest BCUT2D eigenvalue weighted by Gasteiger charge is -2.22. The van der Waals surface area contributed by atoms with E-state index >= 15 is 0 Å². The number of carbonyl (C=O) groups is 1. The minimum absolute atomic E-state index is 0.0308. The van der Waals surface area contributed by atoms with Gasteiger partial charge in [0.05, 0.1) is 5.69 Å². The van der Waals surface area contributed by atoms with E-state index in [4.69, 9.17) is 0 Å². The molecule has 0 saturated heterocycles. The molecule has 1 aliphatic carbocycles. The molecule has 2 rings (SSSR count). The van der Waals surface area contributed by atoms with Crippen LogP contribution in [0.3, 0.4) is 0 Å². The van der Waals surface area contributed by atoms with Gasteiger partial charge in [-0.2, -0.15) is 0 Å². The lowest BCUT2D eigenvalue weighted by Crippen LogP contribution is -2.13. The molecule has 100 valence electrons. The summed E-state index contributed by atoms with van der Waals surface area (Å²) in [6.07, 6.45) is 5.97. The minimum Gasteiger partial charge on any atom is -0.302 e. The minimum atomic E-state index is -0.0308. The van der Waals surface area contributed by atoms with E-state index in [0.29, 0.717) is 0 Å². The van der Waals surface area contributed by atoms with Crippen molar-refractivity contribution in [1.29, 1.82) is 0 Å². The molecule has 1 heterocycles. The predicted molar refractivity (Wildman–Crippen MR) is 76.0 cm³/mol. The van der Waals surface area contributed by atoms with Gasteiger partial charge in [-0.3, -0.25) is 4.79 Å². The van der Waals surface area contributed by atoms with E-state index in [9.17, 15) is 4.79 Å². The largest absolute Gasteiger partial charge is 0.302 e. The SMILES string of the molecule is CC(=O)Nc1nc2c(s1)CCC(C(C)C)CCC2. The second kappa shape index (κ2) is 5.83. The first-order valence-corrected chi connectivity index (χ1v) is 7.64. The maximum Gasteiger partial charge on any atom is 0.223 e. The lowest BCUT2D eigenvalue weighted by atomic mass is 9.84. The van der Waals surface area contributed by atoms with Crippen molar-refractivity contribution in [3.05, 3.63) is 10.6 Å². The molecule has 1 N–H and O–H groups in total. The number of hydrogen-bond acceptors (Lipinski definition) is 3. The molecule has 0 aliphatic heterocycles. The van der Waals surface area contributed by atoms with E-state index in [1.807, 2.05) is 0 Å². The van der Waals surface area contributed by atoms with E-state index in [-0.39, 0.29) is 5.91 Å². The zero-order valence-electron chi connectivity index (χ0n) is 11.5. The summed E-state index contributed by atoms with van der Waals surface area (Å²) in [5, 5.41) is 3.58. The Labute approximate surface area is 113 Å². The molecule has 3 nitrogen and oxygen atoms in total. The van der Waals surface area contributed by atoms with Gasteiger partial charge in [-0.15, -0.1) is 11.3 Å². The summed E-state index contributed by atoms with van der Waals surface area (Å²) in [5.74, 6) is 1.58. The number of rotatable bonds is 2. The molecule has 0 aromatic carbocycles. The number of anilines is 1. The molecule has 0 radical (unpaired) electrons. The topological polar surface area (TPSA) is 42.0 Å². The molecule has 18 heavy (non-hydrogen) atoms. The van der Waals surface area contributed by atoms with Crippen molar-refractivity contribution >= 4 is 22.4 Å². The molecule has 1 aliphatic rings. The Morgan fingerprint density at radius 3 is 2.83 bits per heavy atom. The molecular weight excluding hydrogens is 244 g/mol. The van der Waals surface area contributed by atoms with Crippen molar-refractivity contribution in [2.24, 2.45) is 11.8 Å². The van der Waals surface area contributed by atoms with Crippen LogP contribution in [0.15, 0.2) is 0 Å². The highest BCUT2D eigenvalue weighted by molar-refractivity contribution is 7.15. The maximum atomic E-state index is 11.1. The number of carbonyl (C=O) groups excluding carboxylic acids is 1. The van der Waals surface area contributed by atoms with Crippen LogP contribution in [0.1, 0.15) is 50.6 Å². The molecule has 1 atom stereocenters. The van der Waals surface area contributed by atoms with E-state index in [0.717, 1.165) is 29.8 Å². The number of amides is 1. The van der Waals surface area contributed by atoms with Gasteiger partial charge in [0.2, 0.25) is 5.91 Å². The quantitative estimate of drug-likeness (QED) is 0.888. The molecule has 1 aromatic rings. The third-order valence-electron chi connectivity index (χ3n) is 3.73. The molecule has 0 spiro atoms. The highest BCUT2D eigenvalue weighted by Gasteiger charge is 2.20. The van der Waals surface area contributed by atoms with Crippen LogP contribution in [-0.2, 0) is 17.6 Å². The second-order valence-electron chi connectivity index (χ2n) is 5.51. The Hall–Kier alpha value is -0.900. The van der Waals surface area contributed by atoms with Crippen LogP contribution >= 0.6 is 11.3 Å². The van der Waals surface area contributed by atoms with Crippen molar-refractivity contribution in [3.63, 3.8) is 0 Å². The van der Waals surface area contributed by atoms with Crippen LogP contribution in [-0.4, -0.2) is 10.9 Å². The third-order valence-corrected chi connectivity index (χ3v) is 4.81. The number of aromatic nitrogens is 1. The van der Waals surface area contributed by atoms with Crippen LogP contribution in [0.25, 0.3) is 0 Å². The van der Waals surface area contributed by atoms with Gasteiger partial charge in [0, 0.05) is 11.8 Å². The first-order chi connectivity index (χ1) is 8.56. The fraction of sp³-hybridized carbons (Fsp3) is 0.714. The summed E-state index contributed by atoms with van der Waals surface area (Å²) in [6.45, 7) is 6.18. The van der Waals surface area contributed by atoms with Gasteiger partial charge in [0.15, 0.2) is 5.13 Å².